The number of amides is 2. The van der Waals surface area contributed by atoms with Gasteiger partial charge in [0.05, 0.1) is 24.3 Å². The van der Waals surface area contributed by atoms with Gasteiger partial charge in [-0.15, -0.1) is 0 Å². The molecule has 0 aliphatic heterocycles. The highest BCUT2D eigenvalue weighted by atomic mass is 19.4. The van der Waals surface area contributed by atoms with E-state index in [4.69, 9.17) is 9.84 Å². The van der Waals surface area contributed by atoms with Gasteiger partial charge in [0.1, 0.15) is 5.75 Å². The van der Waals surface area contributed by atoms with Crippen molar-refractivity contribution < 1.29 is 27.8 Å². The molecule has 0 heterocycles. The molecule has 2 amide bonds. The van der Waals surface area contributed by atoms with Crippen LogP contribution in [0.2, 0.25) is 0 Å². The molecular weight excluding hydrogens is 325 g/mol. The first-order chi connectivity index (χ1) is 11.1. The van der Waals surface area contributed by atoms with Crippen LogP contribution in [0.25, 0.3) is 0 Å². The van der Waals surface area contributed by atoms with Gasteiger partial charge in [0.15, 0.2) is 0 Å². The summed E-state index contributed by atoms with van der Waals surface area (Å²) in [5, 5.41) is 11.4. The number of halogens is 3. The second-order valence-corrected chi connectivity index (χ2v) is 5.78. The number of benzene rings is 1. The number of likely N-dealkylation sites (N-methyl/N-ethyl adjacent to an activating group) is 1. The number of nitrogens with zero attached hydrogens (tertiary/aromatic N) is 1. The maximum absolute atomic E-state index is 13.2. The average molecular weight is 348 g/mol. The molecule has 2 N–H and O–H groups in total. The van der Waals surface area contributed by atoms with Crippen LogP contribution in [0.3, 0.4) is 0 Å². The van der Waals surface area contributed by atoms with Crippen LogP contribution in [-0.2, 0) is 12.7 Å². The Morgan fingerprint density at radius 1 is 1.33 bits per heavy atom. The van der Waals surface area contributed by atoms with Gasteiger partial charge in [0, 0.05) is 13.6 Å². The number of aliphatic hydroxyl groups is 1. The molecule has 1 aromatic carbocycles. The fraction of sp³-hybridized carbons (Fsp3) is 0.562. The van der Waals surface area contributed by atoms with Crippen LogP contribution in [0.5, 0.6) is 5.75 Å². The Labute approximate surface area is 139 Å². The summed E-state index contributed by atoms with van der Waals surface area (Å²) in [6.07, 6.45) is -4.80. The highest BCUT2D eigenvalue weighted by Crippen LogP contribution is 2.34. The lowest BCUT2D eigenvalue weighted by Gasteiger charge is -2.24. The number of rotatable bonds is 6. The van der Waals surface area contributed by atoms with Crippen molar-refractivity contribution in [1.82, 2.24) is 10.2 Å². The Kier molecular flexibility index (Phi) is 6.89. The monoisotopic (exact) mass is 348 g/mol. The van der Waals surface area contributed by atoms with Crippen LogP contribution >= 0.6 is 0 Å². The molecule has 0 spiro atoms. The minimum absolute atomic E-state index is 0.0583. The predicted octanol–water partition coefficient (Wildman–Crippen LogP) is 3.01. The number of hydrogen-bond donors (Lipinski definition) is 2. The summed E-state index contributed by atoms with van der Waals surface area (Å²) in [4.78, 5) is 13.1. The number of nitrogens with one attached hydrogen (secondary N) is 1. The summed E-state index contributed by atoms with van der Waals surface area (Å²) in [6.45, 7) is 4.55. The lowest BCUT2D eigenvalue weighted by molar-refractivity contribution is -0.138. The van der Waals surface area contributed by atoms with Crippen molar-refractivity contribution in [2.24, 2.45) is 0 Å². The van der Waals surface area contributed by atoms with E-state index < -0.39 is 23.8 Å². The molecule has 0 radical (unpaired) electrons. The quantitative estimate of drug-likeness (QED) is 0.831. The van der Waals surface area contributed by atoms with Crippen LogP contribution in [0, 0.1) is 0 Å². The van der Waals surface area contributed by atoms with Crippen LogP contribution < -0.4 is 10.1 Å². The van der Waals surface area contributed by atoms with Gasteiger partial charge in [-0.05, 0) is 38.5 Å². The normalized spacial score (nSPS) is 12.9. The van der Waals surface area contributed by atoms with Crippen molar-refractivity contribution in [3.63, 3.8) is 0 Å². The summed E-state index contributed by atoms with van der Waals surface area (Å²) < 4.78 is 45.0. The smallest absolute Gasteiger partial charge is 0.416 e. The Morgan fingerprint density at radius 2 is 1.96 bits per heavy atom. The lowest BCUT2D eigenvalue weighted by Crippen LogP contribution is -2.43. The molecule has 24 heavy (non-hydrogen) atoms. The van der Waals surface area contributed by atoms with Crippen LogP contribution in [0.15, 0.2) is 18.2 Å². The molecule has 0 bridgehead atoms. The number of ether oxygens (including phenoxy) is 1. The van der Waals surface area contributed by atoms with E-state index in [9.17, 15) is 18.0 Å². The highest BCUT2D eigenvalue weighted by molar-refractivity contribution is 5.74. The summed E-state index contributed by atoms with van der Waals surface area (Å²) in [5.41, 5.74) is -0.907. The summed E-state index contributed by atoms with van der Waals surface area (Å²) in [7, 11) is 1.46. The molecule has 8 heteroatoms. The number of alkyl halides is 3. The van der Waals surface area contributed by atoms with Crippen molar-refractivity contribution in [3.8, 4) is 5.75 Å². The second kappa shape index (κ2) is 8.23. The summed E-state index contributed by atoms with van der Waals surface area (Å²) >= 11 is 0. The Hall–Kier alpha value is -1.96. The standard InChI is InChI=1S/C16H23F3N2O3/c1-10(2)24-13-6-5-12(14(7-13)16(17,18)19)8-20-15(23)21(4)11(3)9-22/h5-7,10-11,22H,8-9H2,1-4H3,(H,20,23). The fourth-order valence-corrected chi connectivity index (χ4v) is 1.94. The molecule has 5 nitrogen and oxygen atoms in total. The molecule has 0 aliphatic carbocycles. The lowest BCUT2D eigenvalue weighted by atomic mass is 10.1. The number of hydrogen-bond acceptors (Lipinski definition) is 3. The van der Waals surface area contributed by atoms with Crippen LogP contribution in [-0.4, -0.2) is 41.8 Å². The topological polar surface area (TPSA) is 61.8 Å². The van der Waals surface area contributed by atoms with Crippen molar-refractivity contribution in [2.75, 3.05) is 13.7 Å². The van der Waals surface area contributed by atoms with E-state index in [0.29, 0.717) is 0 Å². The van der Waals surface area contributed by atoms with Gasteiger partial charge in [-0.3, -0.25) is 0 Å². The molecule has 1 aromatic rings. The zero-order chi connectivity index (χ0) is 18.5. The van der Waals surface area contributed by atoms with E-state index in [-0.39, 0.29) is 30.6 Å². The molecule has 136 valence electrons. The van der Waals surface area contributed by atoms with E-state index in [0.717, 1.165) is 6.07 Å². The Morgan fingerprint density at radius 3 is 2.46 bits per heavy atom. The molecule has 0 fully saturated rings. The molecule has 0 saturated carbocycles. The van der Waals surface area contributed by atoms with Crippen molar-refractivity contribution >= 4 is 6.03 Å². The zero-order valence-corrected chi connectivity index (χ0v) is 14.1. The number of aliphatic hydroxyl groups excluding tert-OH is 1. The van der Waals surface area contributed by atoms with Gasteiger partial charge in [0.2, 0.25) is 0 Å². The van der Waals surface area contributed by atoms with Crippen molar-refractivity contribution in [2.45, 2.75) is 45.6 Å². The highest BCUT2D eigenvalue weighted by Gasteiger charge is 2.34. The number of carbonyl (C=O) groups excluding carboxylic acids is 1. The zero-order valence-electron chi connectivity index (χ0n) is 14.1. The molecular formula is C16H23F3N2O3. The van der Waals surface area contributed by atoms with E-state index >= 15 is 0 Å². The number of urea groups is 1. The number of carbonyl (C=O) groups is 1. The average Bonchev–Trinajstić information content (AvgIpc) is 2.50. The Balaban J connectivity index is 2.93. The van der Waals surface area contributed by atoms with E-state index in [2.05, 4.69) is 5.32 Å². The maximum atomic E-state index is 13.2. The van der Waals surface area contributed by atoms with Crippen molar-refractivity contribution in [1.29, 1.82) is 0 Å². The third-order valence-electron chi connectivity index (χ3n) is 3.43. The minimum atomic E-state index is -4.55. The molecule has 1 rings (SSSR count). The van der Waals surface area contributed by atoms with Gasteiger partial charge in [-0.1, -0.05) is 6.07 Å². The van der Waals surface area contributed by atoms with Crippen molar-refractivity contribution in [3.05, 3.63) is 29.3 Å². The molecule has 0 saturated heterocycles. The first-order valence-electron chi connectivity index (χ1n) is 7.54. The van der Waals surface area contributed by atoms with Crippen LogP contribution in [0.4, 0.5) is 18.0 Å². The van der Waals surface area contributed by atoms with Gasteiger partial charge in [0.25, 0.3) is 0 Å². The minimum Gasteiger partial charge on any atom is -0.491 e. The predicted molar refractivity (Wildman–Crippen MR) is 83.8 cm³/mol. The summed E-state index contributed by atoms with van der Waals surface area (Å²) in [6, 6.07) is 2.66. The molecule has 1 unspecified atom stereocenters. The van der Waals surface area contributed by atoms with Crippen LogP contribution in [0.1, 0.15) is 31.9 Å². The van der Waals surface area contributed by atoms with E-state index in [1.165, 1.54) is 24.1 Å². The van der Waals surface area contributed by atoms with E-state index in [1.54, 1.807) is 20.8 Å². The van der Waals surface area contributed by atoms with Gasteiger partial charge in [-0.25, -0.2) is 4.79 Å². The second-order valence-electron chi connectivity index (χ2n) is 5.78. The molecule has 0 aromatic heterocycles. The van der Waals surface area contributed by atoms with Gasteiger partial charge in [-0.2, -0.15) is 13.2 Å². The third-order valence-corrected chi connectivity index (χ3v) is 3.43. The van der Waals surface area contributed by atoms with Gasteiger partial charge >= 0.3 is 12.2 Å². The van der Waals surface area contributed by atoms with Gasteiger partial charge < -0.3 is 20.1 Å². The fourth-order valence-electron chi connectivity index (χ4n) is 1.94. The third kappa shape index (κ3) is 5.59. The SMILES string of the molecule is CC(C)Oc1ccc(CNC(=O)N(C)C(C)CO)c(C(F)(F)F)c1. The molecule has 0 aliphatic rings. The van der Waals surface area contributed by atoms with E-state index in [1.807, 2.05) is 0 Å². The largest absolute Gasteiger partial charge is 0.491 e. The first kappa shape index (κ1) is 20.1. The molecule has 1 atom stereocenters. The maximum Gasteiger partial charge on any atom is 0.416 e. The Bertz CT molecular complexity index is 562. The summed E-state index contributed by atoms with van der Waals surface area (Å²) in [5.74, 6) is 0.124. The first-order valence-corrected chi connectivity index (χ1v) is 7.54.